The normalized spacial score (nSPS) is 19.4. The number of rotatable bonds is 5. The monoisotopic (exact) mass is 406 g/mol. The van der Waals surface area contributed by atoms with Gasteiger partial charge in [0.15, 0.2) is 0 Å². The Hall–Kier alpha value is -2.82. The Balaban J connectivity index is 1.29. The van der Waals surface area contributed by atoms with Crippen molar-refractivity contribution in [1.29, 1.82) is 0 Å². The molecule has 5 heteroatoms. The molecule has 2 saturated heterocycles. The van der Waals surface area contributed by atoms with Crippen molar-refractivity contribution in [2.24, 2.45) is 5.92 Å². The second-order valence-corrected chi connectivity index (χ2v) is 8.31. The summed E-state index contributed by atoms with van der Waals surface area (Å²) in [6.07, 6.45) is 5.46. The SMILES string of the molecule is O=C(c1ccc(OC[C@H]2CCCN(C(=O)c3ccccc3)C2)cc1)N1CCCCC1. The van der Waals surface area contributed by atoms with Crippen molar-refractivity contribution in [2.45, 2.75) is 32.1 Å². The quantitative estimate of drug-likeness (QED) is 0.746. The van der Waals surface area contributed by atoms with Crippen LogP contribution in [0.4, 0.5) is 0 Å². The second-order valence-electron chi connectivity index (χ2n) is 8.31. The standard InChI is InChI=1S/C25H30N2O3/c28-24(26-15-5-2-6-16-26)22-11-13-23(14-12-22)30-19-20-8-7-17-27(18-20)25(29)21-9-3-1-4-10-21/h1,3-4,9-14,20H,2,5-8,15-19H2/t20-/m0/s1. The lowest BCUT2D eigenvalue weighted by Gasteiger charge is -2.32. The lowest BCUT2D eigenvalue weighted by molar-refractivity contribution is 0.0633. The molecule has 0 saturated carbocycles. The number of nitrogens with zero attached hydrogens (tertiary/aromatic N) is 2. The van der Waals surface area contributed by atoms with E-state index >= 15 is 0 Å². The second kappa shape index (κ2) is 9.79. The van der Waals surface area contributed by atoms with E-state index in [1.54, 1.807) is 0 Å². The van der Waals surface area contributed by atoms with E-state index in [-0.39, 0.29) is 11.8 Å². The maximum Gasteiger partial charge on any atom is 0.253 e. The molecule has 0 radical (unpaired) electrons. The Morgan fingerprint density at radius 2 is 1.40 bits per heavy atom. The molecule has 5 nitrogen and oxygen atoms in total. The first-order chi connectivity index (χ1) is 14.7. The van der Waals surface area contributed by atoms with Gasteiger partial charge in [0.05, 0.1) is 6.61 Å². The van der Waals surface area contributed by atoms with Crippen molar-refractivity contribution in [3.05, 3.63) is 65.7 Å². The van der Waals surface area contributed by atoms with Gasteiger partial charge in [-0.2, -0.15) is 0 Å². The molecule has 2 aliphatic heterocycles. The number of hydrogen-bond donors (Lipinski definition) is 0. The third-order valence-electron chi connectivity index (χ3n) is 6.06. The molecular weight excluding hydrogens is 376 g/mol. The topological polar surface area (TPSA) is 49.9 Å². The molecular formula is C25H30N2O3. The van der Waals surface area contributed by atoms with Gasteiger partial charge in [-0.25, -0.2) is 0 Å². The van der Waals surface area contributed by atoms with Crippen molar-refractivity contribution in [1.82, 2.24) is 9.80 Å². The molecule has 1 atom stereocenters. The van der Waals surface area contributed by atoms with Gasteiger partial charge in [0.1, 0.15) is 5.75 Å². The highest BCUT2D eigenvalue weighted by Gasteiger charge is 2.25. The number of carbonyl (C=O) groups excluding carboxylic acids is 2. The van der Waals surface area contributed by atoms with Crippen molar-refractivity contribution < 1.29 is 14.3 Å². The Kier molecular flexibility index (Phi) is 6.67. The molecule has 2 amide bonds. The summed E-state index contributed by atoms with van der Waals surface area (Å²) in [7, 11) is 0. The van der Waals surface area contributed by atoms with E-state index in [0.29, 0.717) is 12.5 Å². The molecule has 0 N–H and O–H groups in total. The molecule has 0 unspecified atom stereocenters. The molecule has 2 aromatic carbocycles. The average Bonchev–Trinajstić information content (AvgIpc) is 2.83. The number of hydrogen-bond acceptors (Lipinski definition) is 3. The van der Waals surface area contributed by atoms with E-state index in [9.17, 15) is 9.59 Å². The summed E-state index contributed by atoms with van der Waals surface area (Å²) >= 11 is 0. The lowest BCUT2D eigenvalue weighted by Crippen LogP contribution is -2.41. The van der Waals surface area contributed by atoms with Crippen LogP contribution < -0.4 is 4.74 Å². The number of piperidine rings is 2. The average molecular weight is 407 g/mol. The minimum atomic E-state index is 0.0980. The van der Waals surface area contributed by atoms with Crippen LogP contribution in [-0.2, 0) is 0 Å². The maximum absolute atomic E-state index is 12.7. The van der Waals surface area contributed by atoms with Crippen molar-refractivity contribution in [3.8, 4) is 5.75 Å². The third kappa shape index (κ3) is 5.02. The Labute approximate surface area is 178 Å². The molecule has 2 aliphatic rings. The number of carbonyl (C=O) groups is 2. The Morgan fingerprint density at radius 3 is 2.13 bits per heavy atom. The third-order valence-corrected chi connectivity index (χ3v) is 6.06. The molecule has 0 aliphatic carbocycles. The van der Waals surface area contributed by atoms with E-state index in [4.69, 9.17) is 4.74 Å². The lowest BCUT2D eigenvalue weighted by atomic mass is 9.98. The van der Waals surface area contributed by atoms with Crippen LogP contribution in [0, 0.1) is 5.92 Å². The Morgan fingerprint density at radius 1 is 0.767 bits per heavy atom. The smallest absolute Gasteiger partial charge is 0.253 e. The first-order valence-corrected chi connectivity index (χ1v) is 11.1. The zero-order chi connectivity index (χ0) is 20.8. The van der Waals surface area contributed by atoms with Crippen LogP contribution in [0.3, 0.4) is 0 Å². The molecule has 2 aromatic rings. The van der Waals surface area contributed by atoms with Gasteiger partial charge in [0.25, 0.3) is 11.8 Å². The molecule has 158 valence electrons. The summed E-state index contributed by atoms with van der Waals surface area (Å²) < 4.78 is 6.00. The first-order valence-electron chi connectivity index (χ1n) is 11.1. The molecule has 2 fully saturated rings. The van der Waals surface area contributed by atoms with Gasteiger partial charge in [-0.15, -0.1) is 0 Å². The van der Waals surface area contributed by atoms with Gasteiger partial charge in [0.2, 0.25) is 0 Å². The van der Waals surface area contributed by atoms with Gasteiger partial charge >= 0.3 is 0 Å². The van der Waals surface area contributed by atoms with Gasteiger partial charge in [-0.3, -0.25) is 9.59 Å². The van der Waals surface area contributed by atoms with E-state index < -0.39 is 0 Å². The minimum absolute atomic E-state index is 0.0980. The first kappa shape index (κ1) is 20.5. The van der Waals surface area contributed by atoms with Gasteiger partial charge in [0, 0.05) is 43.2 Å². The minimum Gasteiger partial charge on any atom is -0.493 e. The van der Waals surface area contributed by atoms with E-state index in [1.165, 1.54) is 6.42 Å². The van der Waals surface area contributed by atoms with Gasteiger partial charge in [-0.05, 0) is 68.5 Å². The van der Waals surface area contributed by atoms with Crippen LogP contribution in [0.25, 0.3) is 0 Å². The van der Waals surface area contributed by atoms with Crippen molar-refractivity contribution in [3.63, 3.8) is 0 Å². The fourth-order valence-corrected chi connectivity index (χ4v) is 4.34. The Bertz CT molecular complexity index is 844. The number of benzene rings is 2. The predicted octanol–water partition coefficient (Wildman–Crippen LogP) is 4.24. The van der Waals surface area contributed by atoms with Crippen molar-refractivity contribution >= 4 is 11.8 Å². The van der Waals surface area contributed by atoms with Gasteiger partial charge in [-0.1, -0.05) is 18.2 Å². The van der Waals surface area contributed by atoms with Crippen LogP contribution in [0.5, 0.6) is 5.75 Å². The molecule has 0 spiro atoms. The summed E-state index contributed by atoms with van der Waals surface area (Å²) in [4.78, 5) is 29.2. The highest BCUT2D eigenvalue weighted by Crippen LogP contribution is 2.21. The summed E-state index contributed by atoms with van der Waals surface area (Å²) in [6, 6.07) is 16.9. The maximum atomic E-state index is 12.7. The summed E-state index contributed by atoms with van der Waals surface area (Å²) in [5.41, 5.74) is 1.47. The zero-order valence-electron chi connectivity index (χ0n) is 17.5. The van der Waals surface area contributed by atoms with Crippen LogP contribution in [0.2, 0.25) is 0 Å². The molecule has 4 rings (SSSR count). The van der Waals surface area contributed by atoms with Crippen molar-refractivity contribution in [2.75, 3.05) is 32.8 Å². The summed E-state index contributed by atoms with van der Waals surface area (Å²) in [6.45, 7) is 3.82. The molecule has 30 heavy (non-hydrogen) atoms. The van der Waals surface area contributed by atoms with E-state index in [1.807, 2.05) is 64.4 Å². The van der Waals surface area contributed by atoms with E-state index in [0.717, 1.165) is 68.7 Å². The molecule has 0 bridgehead atoms. The van der Waals surface area contributed by atoms with Gasteiger partial charge < -0.3 is 14.5 Å². The zero-order valence-corrected chi connectivity index (χ0v) is 17.5. The molecule has 2 heterocycles. The fourth-order valence-electron chi connectivity index (χ4n) is 4.34. The van der Waals surface area contributed by atoms with Crippen LogP contribution >= 0.6 is 0 Å². The van der Waals surface area contributed by atoms with E-state index in [2.05, 4.69) is 0 Å². The largest absolute Gasteiger partial charge is 0.493 e. The summed E-state index contributed by atoms with van der Waals surface area (Å²) in [5.74, 6) is 1.31. The summed E-state index contributed by atoms with van der Waals surface area (Å²) in [5, 5.41) is 0. The van der Waals surface area contributed by atoms with Crippen LogP contribution in [0.15, 0.2) is 54.6 Å². The number of amides is 2. The molecule has 0 aromatic heterocycles. The highest BCUT2D eigenvalue weighted by atomic mass is 16.5. The predicted molar refractivity (Wildman–Crippen MR) is 117 cm³/mol. The van der Waals surface area contributed by atoms with Crippen LogP contribution in [0.1, 0.15) is 52.8 Å². The van der Waals surface area contributed by atoms with Crippen LogP contribution in [-0.4, -0.2) is 54.4 Å². The highest BCUT2D eigenvalue weighted by molar-refractivity contribution is 5.94. The number of likely N-dealkylation sites (tertiary alicyclic amines) is 2. The number of ether oxygens (including phenoxy) is 1. The fraction of sp³-hybridized carbons (Fsp3) is 0.440.